The fourth-order valence-electron chi connectivity index (χ4n) is 1.68. The topological polar surface area (TPSA) is 72.9 Å². The first kappa shape index (κ1) is 13.3. The molecule has 0 spiro atoms. The van der Waals surface area contributed by atoms with E-state index in [1.165, 1.54) is 0 Å². The average molecular weight is 258 g/mol. The van der Waals surface area contributed by atoms with Crippen LogP contribution in [0.4, 0.5) is 0 Å². The molecule has 2 rings (SSSR count). The number of imidazole rings is 1. The summed E-state index contributed by atoms with van der Waals surface area (Å²) in [6.45, 7) is 3.69. The van der Waals surface area contributed by atoms with Crippen LogP contribution in [0.2, 0.25) is 0 Å². The van der Waals surface area contributed by atoms with Crippen molar-refractivity contribution >= 4 is 5.91 Å². The molecule has 5 nitrogen and oxygen atoms in total. The average Bonchev–Trinajstić information content (AvgIpc) is 2.84. The Bertz CT molecular complexity index is 554. The highest BCUT2D eigenvalue weighted by Crippen LogP contribution is 2.10. The van der Waals surface area contributed by atoms with Gasteiger partial charge in [0, 0.05) is 18.1 Å². The molecule has 0 saturated carbocycles. The van der Waals surface area contributed by atoms with Gasteiger partial charge in [-0.05, 0) is 26.0 Å². The molecule has 0 unspecified atom stereocenters. The molecule has 0 saturated heterocycles. The van der Waals surface area contributed by atoms with Crippen molar-refractivity contribution < 1.29 is 4.79 Å². The molecule has 0 atom stereocenters. The predicted octanol–water partition coefficient (Wildman–Crippen LogP) is 1.23. The van der Waals surface area contributed by atoms with Crippen LogP contribution in [-0.2, 0) is 11.3 Å². The molecule has 1 heterocycles. The van der Waals surface area contributed by atoms with Crippen LogP contribution in [0.1, 0.15) is 19.7 Å². The van der Waals surface area contributed by atoms with Crippen LogP contribution in [0.3, 0.4) is 0 Å². The highest BCUT2D eigenvalue weighted by atomic mass is 16.2. The van der Waals surface area contributed by atoms with E-state index >= 15 is 0 Å². The van der Waals surface area contributed by atoms with E-state index in [0.717, 1.165) is 11.5 Å². The summed E-state index contributed by atoms with van der Waals surface area (Å²) in [6, 6.07) is 9.85. The smallest absolute Gasteiger partial charge is 0.239 e. The summed E-state index contributed by atoms with van der Waals surface area (Å²) in [5.74, 6) is 0.568. The summed E-state index contributed by atoms with van der Waals surface area (Å²) in [5.41, 5.74) is 5.85. The van der Waals surface area contributed by atoms with Crippen LogP contribution < -0.4 is 11.1 Å². The lowest BCUT2D eigenvalue weighted by atomic mass is 10.1. The van der Waals surface area contributed by atoms with Gasteiger partial charge in [0.1, 0.15) is 5.82 Å². The second kappa shape index (κ2) is 5.24. The van der Waals surface area contributed by atoms with Crippen molar-refractivity contribution in [3.05, 3.63) is 48.5 Å². The van der Waals surface area contributed by atoms with Gasteiger partial charge in [0.25, 0.3) is 0 Å². The third kappa shape index (κ3) is 3.20. The van der Waals surface area contributed by atoms with E-state index < -0.39 is 5.54 Å². The summed E-state index contributed by atoms with van der Waals surface area (Å²) in [5, 5.41) is 2.79. The number of nitrogens with zero attached hydrogens (tertiary/aromatic N) is 2. The number of carbonyl (C=O) groups is 1. The molecule has 0 aliphatic rings. The van der Waals surface area contributed by atoms with E-state index in [1.54, 1.807) is 20.0 Å². The molecule has 100 valence electrons. The fourth-order valence-corrected chi connectivity index (χ4v) is 1.68. The molecule has 0 radical (unpaired) electrons. The number of hydrogen-bond donors (Lipinski definition) is 2. The van der Waals surface area contributed by atoms with Gasteiger partial charge < -0.3 is 15.6 Å². The molecule has 2 aromatic rings. The second-order valence-corrected chi connectivity index (χ2v) is 4.95. The molecule has 19 heavy (non-hydrogen) atoms. The molecule has 3 N–H and O–H groups in total. The summed E-state index contributed by atoms with van der Waals surface area (Å²) < 4.78 is 1.93. The first-order valence-electron chi connectivity index (χ1n) is 6.13. The van der Waals surface area contributed by atoms with Gasteiger partial charge in [0.05, 0.1) is 12.1 Å². The van der Waals surface area contributed by atoms with Crippen molar-refractivity contribution in [3.8, 4) is 5.69 Å². The monoisotopic (exact) mass is 258 g/mol. The minimum Gasteiger partial charge on any atom is -0.347 e. The van der Waals surface area contributed by atoms with E-state index in [-0.39, 0.29) is 5.91 Å². The van der Waals surface area contributed by atoms with Gasteiger partial charge in [0.2, 0.25) is 5.91 Å². The van der Waals surface area contributed by atoms with Crippen molar-refractivity contribution in [2.75, 3.05) is 0 Å². The first-order chi connectivity index (χ1) is 8.98. The van der Waals surface area contributed by atoms with Crippen LogP contribution in [0.5, 0.6) is 0 Å². The summed E-state index contributed by atoms with van der Waals surface area (Å²) in [7, 11) is 0. The van der Waals surface area contributed by atoms with Gasteiger partial charge in [-0.3, -0.25) is 4.79 Å². The zero-order valence-corrected chi connectivity index (χ0v) is 11.1. The van der Waals surface area contributed by atoms with Crippen LogP contribution in [0, 0.1) is 0 Å². The van der Waals surface area contributed by atoms with Crippen molar-refractivity contribution in [1.82, 2.24) is 14.9 Å². The molecule has 1 aromatic heterocycles. The highest BCUT2D eigenvalue weighted by molar-refractivity contribution is 5.84. The first-order valence-corrected chi connectivity index (χ1v) is 6.13. The number of hydrogen-bond acceptors (Lipinski definition) is 3. The van der Waals surface area contributed by atoms with Gasteiger partial charge in [-0.1, -0.05) is 18.2 Å². The predicted molar refractivity (Wildman–Crippen MR) is 73.7 cm³/mol. The lowest BCUT2D eigenvalue weighted by molar-refractivity contribution is -0.125. The number of benzene rings is 1. The quantitative estimate of drug-likeness (QED) is 0.866. The van der Waals surface area contributed by atoms with E-state index in [2.05, 4.69) is 10.3 Å². The molecule has 5 heteroatoms. The Labute approximate surface area is 112 Å². The number of nitrogens with two attached hydrogens (primary N) is 1. The fraction of sp³-hybridized carbons (Fsp3) is 0.286. The molecule has 0 aliphatic carbocycles. The van der Waals surface area contributed by atoms with Crippen LogP contribution in [0.25, 0.3) is 5.69 Å². The molecule has 0 aliphatic heterocycles. The van der Waals surface area contributed by atoms with Crippen LogP contribution >= 0.6 is 0 Å². The Kier molecular flexibility index (Phi) is 3.66. The molecule has 0 fully saturated rings. The van der Waals surface area contributed by atoms with Gasteiger partial charge >= 0.3 is 0 Å². The van der Waals surface area contributed by atoms with Crippen LogP contribution in [0.15, 0.2) is 42.7 Å². The molecule has 1 amide bonds. The van der Waals surface area contributed by atoms with E-state index in [0.29, 0.717) is 6.54 Å². The van der Waals surface area contributed by atoms with Gasteiger partial charge in [-0.2, -0.15) is 0 Å². The number of para-hydroxylation sites is 1. The number of aromatic nitrogens is 2. The maximum absolute atomic E-state index is 11.7. The second-order valence-electron chi connectivity index (χ2n) is 4.95. The molecular weight excluding hydrogens is 240 g/mol. The standard InChI is InChI=1S/C14H18N4O/c1-14(2,15)13(19)17-10-12-16-8-9-18(12)11-6-4-3-5-7-11/h3-9H,10,15H2,1-2H3,(H,17,19). The molecule has 0 bridgehead atoms. The number of rotatable bonds is 4. The largest absolute Gasteiger partial charge is 0.347 e. The lowest BCUT2D eigenvalue weighted by Gasteiger charge is -2.17. The SMILES string of the molecule is CC(C)(N)C(=O)NCc1nccn1-c1ccccc1. The zero-order chi connectivity index (χ0) is 13.9. The Balaban J connectivity index is 2.11. The third-order valence-electron chi connectivity index (χ3n) is 2.74. The maximum atomic E-state index is 11.7. The summed E-state index contributed by atoms with van der Waals surface area (Å²) in [4.78, 5) is 16.0. The van der Waals surface area contributed by atoms with Crippen molar-refractivity contribution in [2.45, 2.75) is 25.9 Å². The minimum atomic E-state index is -0.885. The molecular formula is C14H18N4O. The van der Waals surface area contributed by atoms with E-state index in [9.17, 15) is 4.79 Å². The van der Waals surface area contributed by atoms with E-state index in [1.807, 2.05) is 41.1 Å². The third-order valence-corrected chi connectivity index (χ3v) is 2.74. The number of carbonyl (C=O) groups excluding carboxylic acids is 1. The Morgan fingerprint density at radius 3 is 2.68 bits per heavy atom. The van der Waals surface area contributed by atoms with Gasteiger partial charge in [0.15, 0.2) is 0 Å². The Morgan fingerprint density at radius 2 is 2.05 bits per heavy atom. The number of amides is 1. The normalized spacial score (nSPS) is 11.3. The lowest BCUT2D eigenvalue weighted by Crippen LogP contribution is -2.48. The summed E-state index contributed by atoms with van der Waals surface area (Å²) in [6.07, 6.45) is 3.58. The Morgan fingerprint density at radius 1 is 1.37 bits per heavy atom. The van der Waals surface area contributed by atoms with Gasteiger partial charge in [-0.15, -0.1) is 0 Å². The minimum absolute atomic E-state index is 0.199. The van der Waals surface area contributed by atoms with Gasteiger partial charge in [-0.25, -0.2) is 4.98 Å². The van der Waals surface area contributed by atoms with Crippen molar-refractivity contribution in [3.63, 3.8) is 0 Å². The summed E-state index contributed by atoms with van der Waals surface area (Å²) >= 11 is 0. The molecule has 1 aromatic carbocycles. The van der Waals surface area contributed by atoms with Crippen LogP contribution in [-0.4, -0.2) is 21.0 Å². The van der Waals surface area contributed by atoms with Crippen molar-refractivity contribution in [2.24, 2.45) is 5.73 Å². The Hall–Kier alpha value is -2.14. The maximum Gasteiger partial charge on any atom is 0.239 e. The zero-order valence-electron chi connectivity index (χ0n) is 11.1. The highest BCUT2D eigenvalue weighted by Gasteiger charge is 2.21. The van der Waals surface area contributed by atoms with Crippen molar-refractivity contribution in [1.29, 1.82) is 0 Å². The van der Waals surface area contributed by atoms with E-state index in [4.69, 9.17) is 5.73 Å². The number of nitrogens with one attached hydrogen (secondary N) is 1.